The van der Waals surface area contributed by atoms with Crippen LogP contribution in [0, 0.1) is 0 Å². The predicted molar refractivity (Wildman–Crippen MR) is 64.1 cm³/mol. The molecule has 0 aromatic heterocycles. The molecule has 1 atom stereocenters. The van der Waals surface area contributed by atoms with Crippen LogP contribution in [0.2, 0.25) is 0 Å². The highest BCUT2D eigenvalue weighted by Gasteiger charge is 2.34. The first-order valence-corrected chi connectivity index (χ1v) is 6.85. The molecule has 0 aromatic carbocycles. The number of carbonyl (C=O) groups excluding carboxylic acids is 1. The number of halogens is 3. The molecule has 1 aliphatic heterocycles. The number of hydrogen-bond acceptors (Lipinski definition) is 3. The largest absolute Gasteiger partial charge is 0.480 e. The summed E-state index contributed by atoms with van der Waals surface area (Å²) >= 11 is 1.61. The molecule has 1 saturated heterocycles. The number of aliphatic carboxylic acids is 1. The Labute approximate surface area is 112 Å². The number of urea groups is 1. The van der Waals surface area contributed by atoms with Crippen LogP contribution >= 0.6 is 11.8 Å². The minimum Gasteiger partial charge on any atom is -0.480 e. The summed E-state index contributed by atoms with van der Waals surface area (Å²) in [6.07, 6.45) is -3.03. The number of carboxylic acids is 1. The third kappa shape index (κ3) is 6.55. The first kappa shape index (κ1) is 15.9. The van der Waals surface area contributed by atoms with Gasteiger partial charge in [-0.1, -0.05) is 0 Å². The summed E-state index contributed by atoms with van der Waals surface area (Å²) in [5.41, 5.74) is 0. The number of carboxylic acid groups (broad SMARTS) is 1. The second-order valence-electron chi connectivity index (χ2n) is 4.23. The van der Waals surface area contributed by atoms with Gasteiger partial charge in [0.05, 0.1) is 0 Å². The molecule has 5 nitrogen and oxygen atoms in total. The fourth-order valence-corrected chi connectivity index (χ4v) is 2.77. The van der Waals surface area contributed by atoms with Crippen LogP contribution in [-0.2, 0) is 4.79 Å². The Balaban J connectivity index is 2.56. The SMILES string of the molecule is O=C(O)CN(CC(F)(F)F)C(=O)NC1CCCSC1. The van der Waals surface area contributed by atoms with E-state index in [4.69, 9.17) is 5.11 Å². The summed E-state index contributed by atoms with van der Waals surface area (Å²) in [6, 6.07) is -1.18. The third-order valence-electron chi connectivity index (χ3n) is 2.47. The van der Waals surface area contributed by atoms with Crippen LogP contribution in [0.3, 0.4) is 0 Å². The Bertz CT molecular complexity index is 332. The topological polar surface area (TPSA) is 69.6 Å². The molecular formula is C10H15F3N2O3S. The highest BCUT2D eigenvalue weighted by Crippen LogP contribution is 2.19. The number of carbonyl (C=O) groups is 2. The van der Waals surface area contributed by atoms with Crippen molar-refractivity contribution in [3.63, 3.8) is 0 Å². The molecule has 19 heavy (non-hydrogen) atoms. The van der Waals surface area contributed by atoms with Crippen LogP contribution < -0.4 is 5.32 Å². The number of nitrogens with one attached hydrogen (secondary N) is 1. The molecule has 1 fully saturated rings. The van der Waals surface area contributed by atoms with Gasteiger partial charge < -0.3 is 15.3 Å². The van der Waals surface area contributed by atoms with Crippen LogP contribution in [0.4, 0.5) is 18.0 Å². The van der Waals surface area contributed by atoms with Gasteiger partial charge in [-0.2, -0.15) is 24.9 Å². The molecule has 0 radical (unpaired) electrons. The minimum atomic E-state index is -4.62. The van der Waals surface area contributed by atoms with Crippen molar-refractivity contribution in [2.75, 3.05) is 24.6 Å². The Hall–Kier alpha value is -1.12. The van der Waals surface area contributed by atoms with Crippen molar-refractivity contribution >= 4 is 23.8 Å². The van der Waals surface area contributed by atoms with Crippen molar-refractivity contribution in [2.24, 2.45) is 0 Å². The van der Waals surface area contributed by atoms with Gasteiger partial charge in [0.15, 0.2) is 0 Å². The van der Waals surface area contributed by atoms with E-state index in [2.05, 4.69) is 5.32 Å². The van der Waals surface area contributed by atoms with Crippen molar-refractivity contribution in [3.05, 3.63) is 0 Å². The zero-order valence-electron chi connectivity index (χ0n) is 10.1. The van der Waals surface area contributed by atoms with Crippen LogP contribution in [-0.4, -0.2) is 58.8 Å². The quantitative estimate of drug-likeness (QED) is 0.826. The number of rotatable bonds is 4. The lowest BCUT2D eigenvalue weighted by atomic mass is 10.2. The summed E-state index contributed by atoms with van der Waals surface area (Å²) < 4.78 is 36.8. The van der Waals surface area contributed by atoms with Crippen LogP contribution in [0.15, 0.2) is 0 Å². The zero-order chi connectivity index (χ0) is 14.5. The van der Waals surface area contributed by atoms with Gasteiger partial charge in [0, 0.05) is 11.8 Å². The second kappa shape index (κ2) is 6.88. The maximum atomic E-state index is 12.3. The maximum absolute atomic E-state index is 12.3. The molecule has 9 heteroatoms. The Morgan fingerprint density at radius 2 is 2.11 bits per heavy atom. The minimum absolute atomic E-state index is 0.198. The average Bonchev–Trinajstić information content (AvgIpc) is 2.27. The first-order valence-electron chi connectivity index (χ1n) is 5.69. The number of nitrogens with zero attached hydrogens (tertiary/aromatic N) is 1. The molecule has 1 heterocycles. The van der Waals surface area contributed by atoms with Gasteiger partial charge in [-0.05, 0) is 18.6 Å². The highest BCUT2D eigenvalue weighted by atomic mass is 32.2. The number of alkyl halides is 3. The Morgan fingerprint density at radius 3 is 2.58 bits per heavy atom. The van der Waals surface area contributed by atoms with E-state index in [0.29, 0.717) is 12.2 Å². The van der Waals surface area contributed by atoms with E-state index < -0.39 is 31.3 Å². The van der Waals surface area contributed by atoms with E-state index in [1.807, 2.05) is 0 Å². The third-order valence-corrected chi connectivity index (χ3v) is 3.69. The average molecular weight is 300 g/mol. The smallest absolute Gasteiger partial charge is 0.406 e. The maximum Gasteiger partial charge on any atom is 0.406 e. The lowest BCUT2D eigenvalue weighted by Gasteiger charge is -2.27. The normalized spacial score (nSPS) is 19.8. The van der Waals surface area contributed by atoms with Crippen molar-refractivity contribution in [1.29, 1.82) is 0 Å². The molecule has 2 N–H and O–H groups in total. The summed E-state index contributed by atoms with van der Waals surface area (Å²) in [5, 5.41) is 11.0. The van der Waals surface area contributed by atoms with E-state index in [1.54, 1.807) is 11.8 Å². The fourth-order valence-electron chi connectivity index (χ4n) is 1.70. The molecule has 0 saturated carbocycles. The highest BCUT2D eigenvalue weighted by molar-refractivity contribution is 7.99. The van der Waals surface area contributed by atoms with Crippen LogP contribution in [0.1, 0.15) is 12.8 Å². The van der Waals surface area contributed by atoms with Gasteiger partial charge in [0.2, 0.25) is 0 Å². The molecule has 2 amide bonds. The van der Waals surface area contributed by atoms with E-state index >= 15 is 0 Å². The Kier molecular flexibility index (Phi) is 5.77. The fraction of sp³-hybridized carbons (Fsp3) is 0.800. The van der Waals surface area contributed by atoms with E-state index in [9.17, 15) is 22.8 Å². The van der Waals surface area contributed by atoms with Crippen molar-refractivity contribution in [1.82, 2.24) is 10.2 Å². The van der Waals surface area contributed by atoms with Gasteiger partial charge >= 0.3 is 18.2 Å². The van der Waals surface area contributed by atoms with E-state index in [1.165, 1.54) is 0 Å². The molecule has 1 aliphatic rings. The number of thioether (sulfide) groups is 1. The summed E-state index contributed by atoms with van der Waals surface area (Å²) in [4.78, 5) is 22.4. The zero-order valence-corrected chi connectivity index (χ0v) is 10.9. The molecule has 0 spiro atoms. The predicted octanol–water partition coefficient (Wildman–Crippen LogP) is 1.54. The number of amides is 2. The summed E-state index contributed by atoms with van der Waals surface area (Å²) in [7, 11) is 0. The lowest BCUT2D eigenvalue weighted by Crippen LogP contribution is -2.50. The van der Waals surface area contributed by atoms with Gasteiger partial charge in [0.1, 0.15) is 13.1 Å². The molecule has 0 aliphatic carbocycles. The van der Waals surface area contributed by atoms with E-state index in [0.717, 1.165) is 12.2 Å². The standard InChI is InChI=1S/C10H15F3N2O3S/c11-10(12,13)6-15(4-8(16)17)9(18)14-7-2-1-3-19-5-7/h7H,1-6H2,(H,14,18)(H,16,17). The molecule has 1 rings (SSSR count). The molecular weight excluding hydrogens is 285 g/mol. The lowest BCUT2D eigenvalue weighted by molar-refractivity contribution is -0.149. The van der Waals surface area contributed by atoms with Crippen molar-refractivity contribution in [2.45, 2.75) is 25.1 Å². The van der Waals surface area contributed by atoms with Crippen molar-refractivity contribution in [3.8, 4) is 0 Å². The van der Waals surface area contributed by atoms with Gasteiger partial charge in [-0.3, -0.25) is 4.79 Å². The van der Waals surface area contributed by atoms with Crippen LogP contribution in [0.5, 0.6) is 0 Å². The Morgan fingerprint density at radius 1 is 1.42 bits per heavy atom. The van der Waals surface area contributed by atoms with E-state index in [-0.39, 0.29) is 10.9 Å². The van der Waals surface area contributed by atoms with Crippen LogP contribution in [0.25, 0.3) is 0 Å². The molecule has 0 aromatic rings. The first-order chi connectivity index (χ1) is 8.78. The van der Waals surface area contributed by atoms with Gasteiger partial charge in [0.25, 0.3) is 0 Å². The molecule has 0 bridgehead atoms. The molecule has 110 valence electrons. The monoisotopic (exact) mass is 300 g/mol. The summed E-state index contributed by atoms with van der Waals surface area (Å²) in [5.74, 6) is 0.129. The second-order valence-corrected chi connectivity index (χ2v) is 5.38. The van der Waals surface area contributed by atoms with Gasteiger partial charge in [-0.25, -0.2) is 4.79 Å². The summed E-state index contributed by atoms with van der Waals surface area (Å²) in [6.45, 7) is -2.53. The van der Waals surface area contributed by atoms with Gasteiger partial charge in [-0.15, -0.1) is 0 Å². The van der Waals surface area contributed by atoms with Crippen molar-refractivity contribution < 1.29 is 27.9 Å². The molecule has 1 unspecified atom stereocenters. The number of hydrogen-bond donors (Lipinski definition) is 2.